The first-order chi connectivity index (χ1) is 65.6. The van der Waals surface area contributed by atoms with Crippen LogP contribution < -0.4 is 83.7 Å². The van der Waals surface area contributed by atoms with Gasteiger partial charge in [0.2, 0.25) is 23.6 Å². The second-order valence-electron chi connectivity index (χ2n) is 32.6. The second kappa shape index (κ2) is 41.0. The summed E-state index contributed by atoms with van der Waals surface area (Å²) >= 11 is 0. The van der Waals surface area contributed by atoms with Gasteiger partial charge < -0.3 is 98.0 Å². The Kier molecular flexibility index (Phi) is 28.1. The number of methoxy groups -OCH3 is 4. The third-order valence-electron chi connectivity index (χ3n) is 22.5. The van der Waals surface area contributed by atoms with Crippen LogP contribution in [-0.2, 0) is 80.1 Å². The minimum absolute atomic E-state index is 0.0479. The predicted octanol–water partition coefficient (Wildman–Crippen LogP) is 13.1. The van der Waals surface area contributed by atoms with Crippen molar-refractivity contribution >= 4 is 136 Å². The van der Waals surface area contributed by atoms with E-state index < -0.39 is 0 Å². The topological polar surface area (TPSA) is 432 Å². The van der Waals surface area contributed by atoms with Crippen molar-refractivity contribution in [2.24, 2.45) is 28.2 Å². The van der Waals surface area contributed by atoms with Crippen LogP contribution in [0.4, 0.5) is 68.2 Å². The molecule has 0 aliphatic heterocycles. The first-order valence-electron chi connectivity index (χ1n) is 43.5. The van der Waals surface area contributed by atoms with Crippen LogP contribution in [0.1, 0.15) is 93.3 Å². The van der Waals surface area contributed by atoms with Crippen LogP contribution in [0.3, 0.4) is 0 Å². The van der Waals surface area contributed by atoms with Crippen LogP contribution in [0, 0.1) is 0 Å². The number of benzene rings is 4. The Labute approximate surface area is 778 Å². The van der Waals surface area contributed by atoms with Gasteiger partial charge in [-0.1, -0.05) is 74.8 Å². The lowest BCUT2D eigenvalue weighted by molar-refractivity contribution is -0.112. The summed E-state index contributed by atoms with van der Waals surface area (Å²) in [6.45, 7) is 21.7. The molecule has 2 fully saturated rings. The molecule has 2 aliphatic carbocycles. The number of nitrogens with one attached hydrogen (secondary N) is 8. The van der Waals surface area contributed by atoms with Gasteiger partial charge in [-0.05, 0) is 148 Å². The third-order valence-corrected chi connectivity index (χ3v) is 22.5. The summed E-state index contributed by atoms with van der Waals surface area (Å²) in [7, 11) is 13.4. The van der Waals surface area contributed by atoms with Crippen LogP contribution in [0.25, 0.3) is 44.1 Å². The average Bonchev–Trinajstić information content (AvgIpc) is 1.60. The van der Waals surface area contributed by atoms with Crippen LogP contribution in [0.5, 0.6) is 23.5 Å². The maximum Gasteiger partial charge on any atom is 0.277 e. The Bertz CT molecular complexity index is 7300. The van der Waals surface area contributed by atoms with Crippen molar-refractivity contribution < 1.29 is 38.1 Å². The van der Waals surface area contributed by atoms with Gasteiger partial charge in [-0.25, -0.2) is 19.9 Å². The molecule has 0 unspecified atom stereocenters. The fourth-order valence-corrected chi connectivity index (χ4v) is 15.7. The maximum absolute atomic E-state index is 13.7. The molecule has 40 heteroatoms. The van der Waals surface area contributed by atoms with Crippen LogP contribution >= 0.6 is 0 Å². The van der Waals surface area contributed by atoms with Crippen LogP contribution in [0.2, 0.25) is 0 Å². The molecule has 0 spiro atoms. The van der Waals surface area contributed by atoms with E-state index in [1.165, 1.54) is 24.3 Å². The maximum atomic E-state index is 13.7. The summed E-state index contributed by atoms with van der Waals surface area (Å²) in [5.41, 5.74) is 15.2. The molecule has 700 valence electrons. The number of hydrogen-bond donors (Lipinski definition) is 8. The highest BCUT2D eigenvalue weighted by Crippen LogP contribution is 2.40. The molecule has 0 radical (unpaired) electrons. The van der Waals surface area contributed by atoms with Gasteiger partial charge in [0, 0.05) is 100 Å². The SMILES string of the molecule is C=CC(=O)Nc1cccc(Cn2cc(Nc3cn(C)nc3OC)c3ncn(C(C)C)c3c2=O)c1.C=CC(=O)Nc1cccc(Cn2cc(Nc3cn(C)nc3OC)c3ncn(C4CC4)c3c2=O)c1.C=CC(=O)Nc1cccc(Cn2cc(Nc3cn(C)nc3OC)c3ncn(C4CCC4)c3c2=O)c1.C=CC(=O)Nc1cccc(Cn2cc(Nc3cn(C)nc3OC)c3ncn(CC)c3c2=O)c1. The molecule has 2 saturated carbocycles. The number of hydrogen-bond acceptors (Lipinski definition) is 24. The van der Waals surface area contributed by atoms with Crippen molar-refractivity contribution in [3.05, 3.63) is 286 Å². The van der Waals surface area contributed by atoms with Gasteiger partial charge in [0.25, 0.3) is 45.8 Å². The molecular formula is C96H104N28O12. The van der Waals surface area contributed by atoms with E-state index in [1.54, 1.807) is 166 Å². The minimum Gasteiger partial charge on any atom is -0.478 e. The smallest absolute Gasteiger partial charge is 0.277 e. The van der Waals surface area contributed by atoms with Gasteiger partial charge in [0.1, 0.15) is 66.9 Å². The van der Waals surface area contributed by atoms with Crippen molar-refractivity contribution in [2.75, 3.05) is 71.0 Å². The van der Waals surface area contributed by atoms with Gasteiger partial charge in [0.15, 0.2) is 0 Å². The number of ether oxygens (including phenoxy) is 4. The van der Waals surface area contributed by atoms with Gasteiger partial charge >= 0.3 is 0 Å². The normalized spacial score (nSPS) is 12.1. The number of aryl methyl sites for hydroxylation is 5. The monoisotopic (exact) mass is 1840 g/mol. The zero-order valence-corrected chi connectivity index (χ0v) is 77.0. The van der Waals surface area contributed by atoms with E-state index in [2.05, 4.69) is 109 Å². The lowest BCUT2D eigenvalue weighted by Crippen LogP contribution is -2.25. The number of pyridine rings is 4. The molecule has 4 amide bonds. The first kappa shape index (κ1) is 93.3. The van der Waals surface area contributed by atoms with E-state index >= 15 is 0 Å². The van der Waals surface area contributed by atoms with Crippen molar-refractivity contribution in [3.8, 4) is 23.5 Å². The Balaban J connectivity index is 0.000000138. The van der Waals surface area contributed by atoms with Crippen molar-refractivity contribution in [1.29, 1.82) is 0 Å². The lowest BCUT2D eigenvalue weighted by atomic mass is 9.93. The summed E-state index contributed by atoms with van der Waals surface area (Å²) < 4.78 is 42.3. The lowest BCUT2D eigenvalue weighted by Gasteiger charge is -2.27. The molecule has 40 nitrogen and oxygen atoms in total. The Morgan fingerprint density at radius 1 is 0.375 bits per heavy atom. The second-order valence-corrected chi connectivity index (χ2v) is 32.6. The highest BCUT2D eigenvalue weighted by Gasteiger charge is 2.30. The fourth-order valence-electron chi connectivity index (χ4n) is 15.7. The molecule has 4 aromatic carbocycles. The third kappa shape index (κ3) is 20.8. The molecule has 0 saturated heterocycles. The number of fused-ring (bicyclic) bond motifs is 4. The molecule has 136 heavy (non-hydrogen) atoms. The van der Waals surface area contributed by atoms with E-state index in [0.717, 1.165) is 54.4 Å². The Morgan fingerprint density at radius 3 is 0.934 bits per heavy atom. The van der Waals surface area contributed by atoms with Gasteiger partial charge in [-0.2, -0.15) is 0 Å². The fraction of sp³-hybridized carbons (Fsp3) is 0.250. The standard InChI is InChI=1S/C25H27N7O3.C24H25N7O3.C24H27N7O3.C23H25N7O3/c1-4-21(33)27-17-8-5-7-16(11-17)12-31-14-19(28-20-13-30(2)29-24(20)35-3)22-23(25(31)34)32(15-26-22)18-9-6-10-18;1-4-20(32)26-16-7-5-6-15(10-16)11-30-13-18(27-19-12-29(2)28-23(19)34-3)21-22(24(30)33)31(14-25-21)17-8-9-17;1-6-20(32)26-17-9-7-8-16(10-17)11-30-13-18(27-19-12-29(4)28-23(19)34-5)21-22(24(30)33)31(14-25-21)15(2)3;1-5-19(31)25-16-9-7-8-15(10-16)11-30-13-17(26-18-12-28(3)27-22(18)33-4)20-21(23(30)32)29(6-2)14-24-20/h4-5,7-8,11,13-15,18,28H,1,6,9-10,12H2,2-3H3,(H,27,33);4-7,10,12-14,17,27H,1,8-9,11H2,2-3H3,(H,26,32);6-10,12-15,27H,1,11H2,2-5H3,(H,26,32);5,7-10,12-14,26H,1,6,11H2,2-4H3,(H,25,31). The Morgan fingerprint density at radius 2 is 0.654 bits per heavy atom. The summed E-state index contributed by atoms with van der Waals surface area (Å²) in [5, 5.41) is 41.5. The average molecular weight is 1840 g/mol. The number of amides is 4. The molecule has 18 rings (SSSR count). The quantitative estimate of drug-likeness (QED) is 0.0182. The number of carbonyl (C=O) groups excluding carboxylic acids is 4. The van der Waals surface area contributed by atoms with E-state index in [1.807, 2.05) is 138 Å². The van der Waals surface area contributed by atoms with Gasteiger partial charge in [0.05, 0.1) is 127 Å². The minimum atomic E-state index is -0.298. The van der Waals surface area contributed by atoms with Crippen LogP contribution in [0.15, 0.2) is 242 Å². The van der Waals surface area contributed by atoms with Crippen molar-refractivity contribution in [3.63, 3.8) is 0 Å². The molecular weight excluding hydrogens is 1740 g/mol. The van der Waals surface area contributed by atoms with E-state index in [9.17, 15) is 38.4 Å². The molecule has 12 heterocycles. The van der Waals surface area contributed by atoms with E-state index in [-0.39, 0.29) is 57.9 Å². The van der Waals surface area contributed by atoms with Gasteiger partial charge in [-0.15, -0.1) is 20.4 Å². The van der Waals surface area contributed by atoms with E-state index in [4.69, 9.17) is 18.9 Å². The largest absolute Gasteiger partial charge is 0.478 e. The summed E-state index contributed by atoms with van der Waals surface area (Å²) in [6, 6.07) is 30.1. The highest BCUT2D eigenvalue weighted by molar-refractivity contribution is 6.01. The number of aromatic nitrogens is 20. The highest BCUT2D eigenvalue weighted by atomic mass is 16.5. The van der Waals surface area contributed by atoms with E-state index in [0.29, 0.717) is 175 Å². The summed E-state index contributed by atoms with van der Waals surface area (Å²) in [4.78, 5) is 119. The number of rotatable bonds is 32. The number of carbonyl (C=O) groups is 4. The molecule has 16 aromatic rings. The van der Waals surface area contributed by atoms with Crippen LogP contribution in [-0.4, -0.2) is 148 Å². The molecule has 2 aliphatic rings. The molecule has 0 atom stereocenters. The molecule has 8 N–H and O–H groups in total. The van der Waals surface area contributed by atoms with Crippen molar-refractivity contribution in [2.45, 2.75) is 104 Å². The Hall–Kier alpha value is -17.4. The molecule has 0 bridgehead atoms. The summed E-state index contributed by atoms with van der Waals surface area (Å²) in [6.07, 6.45) is 31.2. The zero-order valence-electron chi connectivity index (χ0n) is 77.0. The summed E-state index contributed by atoms with van der Waals surface area (Å²) in [5.74, 6) is 0.584. The van der Waals surface area contributed by atoms with Crippen molar-refractivity contribution in [1.82, 2.24) is 95.6 Å². The predicted molar refractivity (Wildman–Crippen MR) is 523 cm³/mol. The van der Waals surface area contributed by atoms with Gasteiger partial charge in [-0.3, -0.25) is 57.1 Å². The number of nitrogens with zero attached hydrogens (tertiary/aromatic N) is 20. The number of imidazole rings is 4. The first-order valence-corrected chi connectivity index (χ1v) is 43.5. The zero-order chi connectivity index (χ0) is 96.3. The molecule has 12 aromatic heterocycles. The number of anilines is 12.